The van der Waals surface area contributed by atoms with E-state index < -0.39 is 17.5 Å². The number of Topliss-reactive ketones (excluding diaryl/α,β-unsaturated/α-hetero) is 1. The van der Waals surface area contributed by atoms with Crippen LogP contribution in [0.4, 0.5) is 5.69 Å². The SMILES string of the molecule is CC(=O)c1cccc(NC(=O)[C@@H](C)n2nc(-n3nc(C)cc3C)ccc2=O)c1. The molecule has 0 unspecified atom stereocenters. The van der Waals surface area contributed by atoms with Crippen LogP contribution in [-0.4, -0.2) is 31.3 Å². The van der Waals surface area contributed by atoms with Crippen molar-refractivity contribution in [3.8, 4) is 5.82 Å². The average Bonchev–Trinajstić information content (AvgIpc) is 3.00. The van der Waals surface area contributed by atoms with Gasteiger partial charge in [0.25, 0.3) is 5.56 Å². The van der Waals surface area contributed by atoms with Gasteiger partial charge in [-0.05, 0) is 52.0 Å². The Bertz CT molecular complexity index is 1110. The van der Waals surface area contributed by atoms with Gasteiger partial charge < -0.3 is 5.32 Å². The van der Waals surface area contributed by atoms with E-state index in [1.54, 1.807) is 41.9 Å². The second-order valence-corrected chi connectivity index (χ2v) is 6.62. The van der Waals surface area contributed by atoms with Crippen LogP contribution in [0.25, 0.3) is 5.82 Å². The molecule has 1 N–H and O–H groups in total. The van der Waals surface area contributed by atoms with Crippen LogP contribution in [0.5, 0.6) is 0 Å². The Labute approximate surface area is 161 Å². The number of ketones is 1. The van der Waals surface area contributed by atoms with Crippen molar-refractivity contribution in [2.24, 2.45) is 0 Å². The van der Waals surface area contributed by atoms with Gasteiger partial charge in [0.05, 0.1) is 5.69 Å². The van der Waals surface area contributed by atoms with Crippen LogP contribution in [-0.2, 0) is 4.79 Å². The third-order valence-electron chi connectivity index (χ3n) is 4.32. The standard InChI is InChI=1S/C20H21N5O3/c1-12-10-13(2)24(22-12)18-8-9-19(27)25(23-18)14(3)20(28)21-17-7-5-6-16(11-17)15(4)26/h5-11,14H,1-4H3,(H,21,28)/t14-/m1/s1. The number of anilines is 1. The van der Waals surface area contributed by atoms with Crippen LogP contribution >= 0.6 is 0 Å². The fraction of sp³-hybridized carbons (Fsp3) is 0.250. The summed E-state index contributed by atoms with van der Waals surface area (Å²) in [4.78, 5) is 36.4. The number of aromatic nitrogens is 4. The largest absolute Gasteiger partial charge is 0.324 e. The molecule has 1 atom stereocenters. The molecule has 0 fully saturated rings. The van der Waals surface area contributed by atoms with E-state index in [1.807, 2.05) is 19.9 Å². The summed E-state index contributed by atoms with van der Waals surface area (Å²) >= 11 is 0. The third kappa shape index (κ3) is 3.90. The molecule has 0 saturated carbocycles. The number of rotatable bonds is 5. The minimum Gasteiger partial charge on any atom is -0.324 e. The first-order chi connectivity index (χ1) is 13.3. The summed E-state index contributed by atoms with van der Waals surface area (Å²) in [6, 6.07) is 10.6. The summed E-state index contributed by atoms with van der Waals surface area (Å²) < 4.78 is 2.74. The van der Waals surface area contributed by atoms with E-state index in [2.05, 4.69) is 15.5 Å². The molecule has 8 heteroatoms. The molecule has 1 amide bonds. The highest BCUT2D eigenvalue weighted by molar-refractivity contribution is 5.97. The van der Waals surface area contributed by atoms with Gasteiger partial charge in [-0.2, -0.15) is 5.10 Å². The molecule has 2 heterocycles. The molecule has 0 bridgehead atoms. The van der Waals surface area contributed by atoms with Gasteiger partial charge in [-0.15, -0.1) is 5.10 Å². The molecule has 0 spiro atoms. The maximum atomic E-state index is 12.6. The van der Waals surface area contributed by atoms with Crippen molar-refractivity contribution in [1.29, 1.82) is 0 Å². The number of hydrogen-bond donors (Lipinski definition) is 1. The number of benzene rings is 1. The first kappa shape index (κ1) is 19.2. The lowest BCUT2D eigenvalue weighted by atomic mass is 10.1. The van der Waals surface area contributed by atoms with Gasteiger partial charge in [0, 0.05) is 23.0 Å². The molecule has 28 heavy (non-hydrogen) atoms. The molecule has 0 aliphatic rings. The van der Waals surface area contributed by atoms with E-state index in [4.69, 9.17) is 0 Å². The van der Waals surface area contributed by atoms with Gasteiger partial charge in [0.1, 0.15) is 6.04 Å². The maximum Gasteiger partial charge on any atom is 0.267 e. The summed E-state index contributed by atoms with van der Waals surface area (Å²) in [6.07, 6.45) is 0. The first-order valence-electron chi connectivity index (χ1n) is 8.81. The lowest BCUT2D eigenvalue weighted by Gasteiger charge is -2.15. The van der Waals surface area contributed by atoms with E-state index in [-0.39, 0.29) is 5.78 Å². The maximum absolute atomic E-state index is 12.6. The highest BCUT2D eigenvalue weighted by Gasteiger charge is 2.19. The monoisotopic (exact) mass is 379 g/mol. The van der Waals surface area contributed by atoms with Crippen molar-refractivity contribution < 1.29 is 9.59 Å². The van der Waals surface area contributed by atoms with Crippen LogP contribution < -0.4 is 10.9 Å². The van der Waals surface area contributed by atoms with Crippen LogP contribution in [0.3, 0.4) is 0 Å². The predicted molar refractivity (Wildman–Crippen MR) is 105 cm³/mol. The normalized spacial score (nSPS) is 11.9. The summed E-state index contributed by atoms with van der Waals surface area (Å²) in [5.74, 6) is -0.0659. The molecule has 3 aromatic rings. The van der Waals surface area contributed by atoms with E-state index in [0.29, 0.717) is 17.1 Å². The van der Waals surface area contributed by atoms with E-state index in [0.717, 1.165) is 16.1 Å². The van der Waals surface area contributed by atoms with Crippen LogP contribution in [0.1, 0.15) is 41.6 Å². The molecule has 144 valence electrons. The number of amides is 1. The summed E-state index contributed by atoms with van der Waals surface area (Å²) in [6.45, 7) is 6.79. The molecule has 0 aliphatic heterocycles. The quantitative estimate of drug-likeness (QED) is 0.687. The van der Waals surface area contributed by atoms with Gasteiger partial charge in [-0.1, -0.05) is 12.1 Å². The third-order valence-corrected chi connectivity index (χ3v) is 4.32. The molecule has 0 aliphatic carbocycles. The van der Waals surface area contributed by atoms with E-state index in [1.165, 1.54) is 13.0 Å². The van der Waals surface area contributed by atoms with Crippen LogP contribution in [0.2, 0.25) is 0 Å². The first-order valence-corrected chi connectivity index (χ1v) is 8.81. The minimum absolute atomic E-state index is 0.0976. The van der Waals surface area contributed by atoms with E-state index >= 15 is 0 Å². The highest BCUT2D eigenvalue weighted by atomic mass is 16.2. The second kappa shape index (κ2) is 7.59. The smallest absolute Gasteiger partial charge is 0.267 e. The Balaban J connectivity index is 1.88. The van der Waals surface area contributed by atoms with Gasteiger partial charge in [-0.3, -0.25) is 14.4 Å². The Morgan fingerprint density at radius 2 is 1.82 bits per heavy atom. The van der Waals surface area contributed by atoms with E-state index in [9.17, 15) is 14.4 Å². The van der Waals surface area contributed by atoms with Crippen molar-refractivity contribution in [3.63, 3.8) is 0 Å². The average molecular weight is 379 g/mol. The van der Waals surface area contributed by atoms with Gasteiger partial charge in [0.2, 0.25) is 5.91 Å². The fourth-order valence-corrected chi connectivity index (χ4v) is 2.84. The zero-order valence-electron chi connectivity index (χ0n) is 16.1. The van der Waals surface area contributed by atoms with Crippen molar-refractivity contribution in [3.05, 3.63) is 69.8 Å². The number of carbonyl (C=O) groups excluding carboxylic acids is 2. The Morgan fingerprint density at radius 1 is 1.07 bits per heavy atom. The zero-order valence-corrected chi connectivity index (χ0v) is 16.1. The predicted octanol–water partition coefficient (Wildman–Crippen LogP) is 2.45. The van der Waals surface area contributed by atoms with Crippen molar-refractivity contribution in [1.82, 2.24) is 19.6 Å². The molecular weight excluding hydrogens is 358 g/mol. The molecule has 8 nitrogen and oxygen atoms in total. The number of nitrogens with one attached hydrogen (secondary N) is 1. The molecule has 0 saturated heterocycles. The highest BCUT2D eigenvalue weighted by Crippen LogP contribution is 2.14. The Hall–Kier alpha value is -3.55. The zero-order chi connectivity index (χ0) is 20.4. The van der Waals surface area contributed by atoms with Crippen LogP contribution in [0.15, 0.2) is 47.3 Å². The van der Waals surface area contributed by atoms with Gasteiger partial charge >= 0.3 is 0 Å². The summed E-state index contributed by atoms with van der Waals surface area (Å²) in [5.41, 5.74) is 2.27. The minimum atomic E-state index is -0.856. The number of aryl methyl sites for hydroxylation is 2. The van der Waals surface area contributed by atoms with Crippen molar-refractivity contribution in [2.75, 3.05) is 5.32 Å². The van der Waals surface area contributed by atoms with Crippen molar-refractivity contribution in [2.45, 2.75) is 33.7 Å². The van der Waals surface area contributed by atoms with Crippen molar-refractivity contribution >= 4 is 17.4 Å². The van der Waals surface area contributed by atoms with Gasteiger partial charge in [0.15, 0.2) is 11.6 Å². The number of hydrogen-bond acceptors (Lipinski definition) is 5. The van der Waals surface area contributed by atoms with Crippen LogP contribution in [0, 0.1) is 13.8 Å². The Kier molecular flexibility index (Phi) is 5.21. The lowest BCUT2D eigenvalue weighted by Crippen LogP contribution is -2.33. The molecule has 0 radical (unpaired) electrons. The Morgan fingerprint density at radius 3 is 2.46 bits per heavy atom. The summed E-state index contributed by atoms with van der Waals surface area (Å²) in [5, 5.41) is 11.4. The molecule has 1 aromatic carbocycles. The topological polar surface area (TPSA) is 98.9 Å². The summed E-state index contributed by atoms with van der Waals surface area (Å²) in [7, 11) is 0. The number of nitrogens with zero attached hydrogens (tertiary/aromatic N) is 4. The second-order valence-electron chi connectivity index (χ2n) is 6.62. The van der Waals surface area contributed by atoms with Gasteiger partial charge in [-0.25, -0.2) is 9.36 Å². The molecule has 2 aromatic heterocycles. The lowest BCUT2D eigenvalue weighted by molar-refractivity contribution is -0.119. The fourth-order valence-electron chi connectivity index (χ4n) is 2.84. The molecular formula is C20H21N5O3. The molecule has 3 rings (SSSR count). The number of carbonyl (C=O) groups is 2.